The first-order valence-corrected chi connectivity index (χ1v) is 5.41. The molecule has 0 radical (unpaired) electrons. The van der Waals surface area contributed by atoms with Crippen molar-refractivity contribution in [3.8, 4) is 0 Å². The van der Waals surface area contributed by atoms with E-state index in [-0.39, 0.29) is 0 Å². The number of hydrogen-bond acceptors (Lipinski definition) is 1. The summed E-state index contributed by atoms with van der Waals surface area (Å²) in [5.41, 5.74) is 2.04. The molecule has 0 aromatic heterocycles. The molecule has 1 aromatic carbocycles. The van der Waals surface area contributed by atoms with Crippen LogP contribution in [0.1, 0.15) is 50.3 Å². The standard InChI is InChI=1S/C12H17ClO/c1-4-8(2)11-6-5-10(9(3)14)7-12(11)13/h5-9,14H,4H2,1-3H3. The van der Waals surface area contributed by atoms with E-state index in [1.54, 1.807) is 6.92 Å². The Labute approximate surface area is 90.7 Å². The Kier molecular flexibility index (Phi) is 3.97. The molecule has 2 unspecified atom stereocenters. The first-order chi connectivity index (χ1) is 6.56. The lowest BCUT2D eigenvalue weighted by molar-refractivity contribution is 0.199. The molecule has 0 saturated carbocycles. The zero-order valence-corrected chi connectivity index (χ0v) is 9.67. The molecule has 0 amide bonds. The molecule has 0 aliphatic heterocycles. The fourth-order valence-electron chi connectivity index (χ4n) is 1.42. The summed E-state index contributed by atoms with van der Waals surface area (Å²) in [6.45, 7) is 6.04. The van der Waals surface area contributed by atoms with Gasteiger partial charge in [0.05, 0.1) is 6.10 Å². The SMILES string of the molecule is CCC(C)c1ccc(C(C)O)cc1Cl. The van der Waals surface area contributed by atoms with E-state index in [1.807, 2.05) is 18.2 Å². The maximum atomic E-state index is 9.38. The number of aliphatic hydroxyl groups is 1. The second-order valence-corrected chi connectivity index (χ2v) is 4.17. The fraction of sp³-hybridized carbons (Fsp3) is 0.500. The van der Waals surface area contributed by atoms with Crippen LogP contribution in [0.2, 0.25) is 5.02 Å². The molecule has 1 aromatic rings. The van der Waals surface area contributed by atoms with Crippen molar-refractivity contribution in [2.45, 2.75) is 39.2 Å². The van der Waals surface area contributed by atoms with Gasteiger partial charge in [0.25, 0.3) is 0 Å². The highest BCUT2D eigenvalue weighted by molar-refractivity contribution is 6.31. The maximum Gasteiger partial charge on any atom is 0.0762 e. The molecule has 2 heteroatoms. The Balaban J connectivity index is 3.01. The summed E-state index contributed by atoms with van der Waals surface area (Å²) < 4.78 is 0. The molecule has 0 aliphatic rings. The van der Waals surface area contributed by atoms with Crippen molar-refractivity contribution in [2.24, 2.45) is 0 Å². The summed E-state index contributed by atoms with van der Waals surface area (Å²) in [5.74, 6) is 0.477. The van der Waals surface area contributed by atoms with Crippen molar-refractivity contribution in [1.29, 1.82) is 0 Å². The Morgan fingerprint density at radius 2 is 2.00 bits per heavy atom. The number of aliphatic hydroxyl groups excluding tert-OH is 1. The molecular formula is C12H17ClO. The molecule has 1 rings (SSSR count). The second kappa shape index (κ2) is 4.81. The quantitative estimate of drug-likeness (QED) is 0.806. The van der Waals surface area contributed by atoms with Gasteiger partial charge in [-0.15, -0.1) is 0 Å². The smallest absolute Gasteiger partial charge is 0.0762 e. The van der Waals surface area contributed by atoms with Gasteiger partial charge in [-0.25, -0.2) is 0 Å². The third-order valence-corrected chi connectivity index (χ3v) is 2.98. The van der Waals surface area contributed by atoms with Gasteiger partial charge in [0, 0.05) is 5.02 Å². The zero-order chi connectivity index (χ0) is 10.7. The topological polar surface area (TPSA) is 20.2 Å². The van der Waals surface area contributed by atoms with Crippen molar-refractivity contribution < 1.29 is 5.11 Å². The van der Waals surface area contributed by atoms with Gasteiger partial charge in [0.15, 0.2) is 0 Å². The third-order valence-electron chi connectivity index (χ3n) is 2.65. The molecular weight excluding hydrogens is 196 g/mol. The molecule has 0 bridgehead atoms. The second-order valence-electron chi connectivity index (χ2n) is 3.77. The molecule has 2 atom stereocenters. The van der Waals surface area contributed by atoms with Crippen molar-refractivity contribution in [3.05, 3.63) is 34.3 Å². The first kappa shape index (κ1) is 11.5. The van der Waals surface area contributed by atoms with Crippen LogP contribution in [-0.4, -0.2) is 5.11 Å². The highest BCUT2D eigenvalue weighted by Crippen LogP contribution is 2.29. The predicted molar refractivity (Wildman–Crippen MR) is 60.8 cm³/mol. The summed E-state index contributed by atoms with van der Waals surface area (Å²) in [5, 5.41) is 10.1. The van der Waals surface area contributed by atoms with Crippen molar-refractivity contribution in [3.63, 3.8) is 0 Å². The van der Waals surface area contributed by atoms with E-state index in [1.165, 1.54) is 5.56 Å². The van der Waals surface area contributed by atoms with Crippen LogP contribution in [0.4, 0.5) is 0 Å². The fourth-order valence-corrected chi connectivity index (χ4v) is 1.80. The van der Waals surface area contributed by atoms with Crippen LogP contribution >= 0.6 is 11.6 Å². The molecule has 0 aliphatic carbocycles. The normalized spacial score (nSPS) is 15.2. The first-order valence-electron chi connectivity index (χ1n) is 5.03. The number of rotatable bonds is 3. The van der Waals surface area contributed by atoms with Crippen LogP contribution in [0.3, 0.4) is 0 Å². The van der Waals surface area contributed by atoms with Crippen LogP contribution in [0, 0.1) is 0 Å². The Bertz CT molecular complexity index is 307. The van der Waals surface area contributed by atoms with E-state index < -0.39 is 6.10 Å². The summed E-state index contributed by atoms with van der Waals surface area (Å²) in [7, 11) is 0. The Hall–Kier alpha value is -0.530. The van der Waals surface area contributed by atoms with Crippen molar-refractivity contribution in [2.75, 3.05) is 0 Å². The molecule has 0 fully saturated rings. The predicted octanol–water partition coefficient (Wildman–Crippen LogP) is 3.91. The average molecular weight is 213 g/mol. The highest BCUT2D eigenvalue weighted by Gasteiger charge is 2.09. The molecule has 14 heavy (non-hydrogen) atoms. The van der Waals surface area contributed by atoms with Gasteiger partial charge in [0.2, 0.25) is 0 Å². The van der Waals surface area contributed by atoms with E-state index in [4.69, 9.17) is 11.6 Å². The maximum absolute atomic E-state index is 9.38. The molecule has 0 spiro atoms. The van der Waals surface area contributed by atoms with Gasteiger partial charge < -0.3 is 5.11 Å². The average Bonchev–Trinajstić information content (AvgIpc) is 2.16. The van der Waals surface area contributed by atoms with E-state index in [2.05, 4.69) is 13.8 Å². The molecule has 1 N–H and O–H groups in total. The molecule has 1 nitrogen and oxygen atoms in total. The van der Waals surface area contributed by atoms with Crippen LogP contribution in [0.25, 0.3) is 0 Å². The van der Waals surface area contributed by atoms with Crippen LogP contribution in [-0.2, 0) is 0 Å². The number of halogens is 1. The van der Waals surface area contributed by atoms with E-state index in [0.717, 1.165) is 17.0 Å². The van der Waals surface area contributed by atoms with Crippen LogP contribution < -0.4 is 0 Å². The largest absolute Gasteiger partial charge is 0.389 e. The number of hydrogen-bond donors (Lipinski definition) is 1. The van der Waals surface area contributed by atoms with Crippen molar-refractivity contribution in [1.82, 2.24) is 0 Å². The molecule has 0 saturated heterocycles. The molecule has 78 valence electrons. The summed E-state index contributed by atoms with van der Waals surface area (Å²) in [6, 6.07) is 5.81. The lowest BCUT2D eigenvalue weighted by atomic mass is 9.96. The summed E-state index contributed by atoms with van der Waals surface area (Å²) in [4.78, 5) is 0. The van der Waals surface area contributed by atoms with Gasteiger partial charge in [0.1, 0.15) is 0 Å². The van der Waals surface area contributed by atoms with E-state index >= 15 is 0 Å². The molecule has 0 heterocycles. The minimum Gasteiger partial charge on any atom is -0.389 e. The third kappa shape index (κ3) is 2.49. The zero-order valence-electron chi connectivity index (χ0n) is 8.92. The minimum absolute atomic E-state index is 0.446. The van der Waals surface area contributed by atoms with Gasteiger partial charge in [-0.3, -0.25) is 0 Å². The minimum atomic E-state index is -0.446. The van der Waals surface area contributed by atoms with E-state index in [0.29, 0.717) is 5.92 Å². The lowest BCUT2D eigenvalue weighted by Gasteiger charge is -2.13. The summed E-state index contributed by atoms with van der Waals surface area (Å²) >= 11 is 6.14. The monoisotopic (exact) mass is 212 g/mol. The van der Waals surface area contributed by atoms with E-state index in [9.17, 15) is 5.11 Å². The van der Waals surface area contributed by atoms with Crippen LogP contribution in [0.15, 0.2) is 18.2 Å². The highest BCUT2D eigenvalue weighted by atomic mass is 35.5. The van der Waals surface area contributed by atoms with Crippen LogP contribution in [0.5, 0.6) is 0 Å². The Morgan fingerprint density at radius 3 is 2.43 bits per heavy atom. The summed E-state index contributed by atoms with van der Waals surface area (Å²) in [6.07, 6.45) is 0.631. The Morgan fingerprint density at radius 1 is 1.36 bits per heavy atom. The van der Waals surface area contributed by atoms with Gasteiger partial charge in [-0.2, -0.15) is 0 Å². The van der Waals surface area contributed by atoms with Crippen molar-refractivity contribution >= 4 is 11.6 Å². The number of benzene rings is 1. The lowest BCUT2D eigenvalue weighted by Crippen LogP contribution is -1.96. The van der Waals surface area contributed by atoms with Gasteiger partial charge in [-0.05, 0) is 36.5 Å². The van der Waals surface area contributed by atoms with Gasteiger partial charge >= 0.3 is 0 Å². The van der Waals surface area contributed by atoms with Gasteiger partial charge in [-0.1, -0.05) is 37.6 Å².